The van der Waals surface area contributed by atoms with Crippen molar-refractivity contribution < 1.29 is 4.79 Å². The third kappa shape index (κ3) is 3.22. The Hall–Kier alpha value is -1.06. The zero-order chi connectivity index (χ0) is 11.5. The summed E-state index contributed by atoms with van der Waals surface area (Å²) in [7, 11) is 0. The van der Waals surface area contributed by atoms with E-state index in [9.17, 15) is 4.79 Å². The molecule has 0 aliphatic heterocycles. The predicted octanol–water partition coefficient (Wildman–Crippen LogP) is 2.26. The molecule has 3 N–H and O–H groups in total. The molecule has 1 aromatic rings. The second kappa shape index (κ2) is 4.64. The molecule has 0 saturated carbocycles. The molecule has 1 amide bonds. The highest BCUT2D eigenvalue weighted by atomic mass is 35.5. The summed E-state index contributed by atoms with van der Waals surface area (Å²) in [6.07, 6.45) is 0. The van der Waals surface area contributed by atoms with Crippen LogP contribution in [0.1, 0.15) is 13.8 Å². The molecule has 15 heavy (non-hydrogen) atoms. The Morgan fingerprint density at radius 3 is 2.73 bits per heavy atom. The van der Waals surface area contributed by atoms with Crippen molar-refractivity contribution in [1.82, 2.24) is 0 Å². The lowest BCUT2D eigenvalue weighted by Gasteiger charge is -2.21. The van der Waals surface area contributed by atoms with Crippen molar-refractivity contribution in [2.24, 2.45) is 11.1 Å². The number of carbonyl (C=O) groups excluding carboxylic acids is 1. The Morgan fingerprint density at radius 1 is 1.53 bits per heavy atom. The van der Waals surface area contributed by atoms with Crippen LogP contribution in [0.2, 0.25) is 5.02 Å². The van der Waals surface area contributed by atoms with Gasteiger partial charge >= 0.3 is 0 Å². The Labute approximate surface area is 94.6 Å². The van der Waals surface area contributed by atoms with Gasteiger partial charge in [-0.05, 0) is 32.0 Å². The highest BCUT2D eigenvalue weighted by Gasteiger charge is 2.25. The molecule has 0 radical (unpaired) electrons. The highest BCUT2D eigenvalue weighted by molar-refractivity contribution is 6.30. The molecule has 0 aliphatic rings. The highest BCUT2D eigenvalue weighted by Crippen LogP contribution is 2.19. The molecule has 1 aromatic carbocycles. The number of rotatable bonds is 3. The van der Waals surface area contributed by atoms with Crippen LogP contribution >= 0.6 is 11.6 Å². The first-order valence-electron chi connectivity index (χ1n) is 4.73. The van der Waals surface area contributed by atoms with E-state index >= 15 is 0 Å². The lowest BCUT2D eigenvalue weighted by atomic mass is 9.92. The summed E-state index contributed by atoms with van der Waals surface area (Å²) in [5.41, 5.74) is 5.63. The first-order chi connectivity index (χ1) is 6.95. The minimum atomic E-state index is -0.567. The van der Waals surface area contributed by atoms with Gasteiger partial charge in [-0.2, -0.15) is 0 Å². The Kier molecular flexibility index (Phi) is 3.72. The summed E-state index contributed by atoms with van der Waals surface area (Å²) >= 11 is 5.80. The smallest absolute Gasteiger partial charge is 0.231 e. The van der Waals surface area contributed by atoms with Crippen LogP contribution in [0.15, 0.2) is 24.3 Å². The molecule has 0 aromatic heterocycles. The van der Waals surface area contributed by atoms with Gasteiger partial charge in [-0.3, -0.25) is 4.79 Å². The topological polar surface area (TPSA) is 55.1 Å². The van der Waals surface area contributed by atoms with E-state index in [-0.39, 0.29) is 5.91 Å². The van der Waals surface area contributed by atoms with Crippen LogP contribution < -0.4 is 11.1 Å². The average molecular weight is 227 g/mol. The molecule has 0 fully saturated rings. The van der Waals surface area contributed by atoms with Gasteiger partial charge in [0.2, 0.25) is 5.91 Å². The Morgan fingerprint density at radius 2 is 2.20 bits per heavy atom. The lowest BCUT2D eigenvalue weighted by molar-refractivity contribution is -0.123. The van der Waals surface area contributed by atoms with Crippen LogP contribution in [0.5, 0.6) is 0 Å². The fraction of sp³-hybridized carbons (Fsp3) is 0.364. The number of hydrogen-bond donors (Lipinski definition) is 2. The lowest BCUT2D eigenvalue weighted by Crippen LogP contribution is -2.37. The molecule has 0 aliphatic carbocycles. The largest absolute Gasteiger partial charge is 0.329 e. The number of amides is 1. The van der Waals surface area contributed by atoms with E-state index < -0.39 is 5.41 Å². The second-order valence-electron chi connectivity index (χ2n) is 4.05. The molecule has 0 unspecified atom stereocenters. The van der Waals surface area contributed by atoms with Crippen molar-refractivity contribution in [1.29, 1.82) is 0 Å². The van der Waals surface area contributed by atoms with E-state index in [0.29, 0.717) is 17.3 Å². The molecule has 0 saturated heterocycles. The maximum absolute atomic E-state index is 11.7. The summed E-state index contributed by atoms with van der Waals surface area (Å²) < 4.78 is 0. The number of benzene rings is 1. The summed E-state index contributed by atoms with van der Waals surface area (Å²) in [6.45, 7) is 3.90. The van der Waals surface area contributed by atoms with E-state index in [2.05, 4.69) is 5.32 Å². The van der Waals surface area contributed by atoms with Crippen molar-refractivity contribution in [3.05, 3.63) is 29.3 Å². The van der Waals surface area contributed by atoms with Crippen molar-refractivity contribution in [3.8, 4) is 0 Å². The SMILES string of the molecule is CC(C)(CN)C(=O)Nc1cccc(Cl)c1. The minimum absolute atomic E-state index is 0.104. The molecule has 0 atom stereocenters. The van der Waals surface area contributed by atoms with Gasteiger partial charge in [0.25, 0.3) is 0 Å². The van der Waals surface area contributed by atoms with E-state index in [4.69, 9.17) is 17.3 Å². The van der Waals surface area contributed by atoms with E-state index in [1.807, 2.05) is 0 Å². The van der Waals surface area contributed by atoms with Gasteiger partial charge in [0, 0.05) is 17.3 Å². The molecule has 0 bridgehead atoms. The van der Waals surface area contributed by atoms with Crippen molar-refractivity contribution in [3.63, 3.8) is 0 Å². The van der Waals surface area contributed by atoms with E-state index in [1.165, 1.54) is 0 Å². The maximum Gasteiger partial charge on any atom is 0.231 e. The molecular weight excluding hydrogens is 212 g/mol. The monoisotopic (exact) mass is 226 g/mol. The van der Waals surface area contributed by atoms with Crippen molar-refractivity contribution in [2.75, 3.05) is 11.9 Å². The minimum Gasteiger partial charge on any atom is -0.329 e. The third-order valence-electron chi connectivity index (χ3n) is 2.21. The van der Waals surface area contributed by atoms with Crippen LogP contribution in [0.4, 0.5) is 5.69 Å². The number of hydrogen-bond acceptors (Lipinski definition) is 2. The Bertz CT molecular complexity index is 363. The molecule has 4 heteroatoms. The molecule has 0 spiro atoms. The van der Waals surface area contributed by atoms with Gasteiger partial charge in [-0.25, -0.2) is 0 Å². The zero-order valence-corrected chi connectivity index (χ0v) is 9.64. The molecule has 0 heterocycles. The summed E-state index contributed by atoms with van der Waals surface area (Å²) in [4.78, 5) is 11.7. The summed E-state index contributed by atoms with van der Waals surface area (Å²) in [5.74, 6) is -0.104. The quantitative estimate of drug-likeness (QED) is 0.831. The fourth-order valence-corrected chi connectivity index (χ4v) is 1.15. The first-order valence-corrected chi connectivity index (χ1v) is 5.10. The number of carbonyl (C=O) groups is 1. The third-order valence-corrected chi connectivity index (χ3v) is 2.44. The van der Waals surface area contributed by atoms with Crippen molar-refractivity contribution >= 4 is 23.2 Å². The normalized spacial score (nSPS) is 11.2. The van der Waals surface area contributed by atoms with Gasteiger partial charge in [0.05, 0.1) is 5.41 Å². The number of halogens is 1. The molecule has 1 rings (SSSR count). The standard InChI is InChI=1S/C11H15ClN2O/c1-11(2,7-13)10(15)14-9-5-3-4-8(12)6-9/h3-6H,7,13H2,1-2H3,(H,14,15). The van der Waals surface area contributed by atoms with Crippen LogP contribution in [0.3, 0.4) is 0 Å². The van der Waals surface area contributed by atoms with E-state index in [0.717, 1.165) is 0 Å². The summed E-state index contributed by atoms with van der Waals surface area (Å²) in [5, 5.41) is 3.37. The second-order valence-corrected chi connectivity index (χ2v) is 4.49. The average Bonchev–Trinajstić information content (AvgIpc) is 2.17. The number of anilines is 1. The fourth-order valence-electron chi connectivity index (χ4n) is 0.959. The predicted molar refractivity (Wildman–Crippen MR) is 62.9 cm³/mol. The van der Waals surface area contributed by atoms with Gasteiger partial charge in [-0.1, -0.05) is 17.7 Å². The van der Waals surface area contributed by atoms with Gasteiger partial charge in [0.1, 0.15) is 0 Å². The molecule has 3 nitrogen and oxygen atoms in total. The van der Waals surface area contributed by atoms with Crippen molar-refractivity contribution in [2.45, 2.75) is 13.8 Å². The zero-order valence-electron chi connectivity index (χ0n) is 8.88. The maximum atomic E-state index is 11.7. The molecular formula is C11H15ClN2O. The Balaban J connectivity index is 2.75. The molecule has 82 valence electrons. The number of nitrogens with two attached hydrogens (primary N) is 1. The van der Waals surface area contributed by atoms with Crippen LogP contribution in [-0.4, -0.2) is 12.5 Å². The van der Waals surface area contributed by atoms with Crippen LogP contribution in [-0.2, 0) is 4.79 Å². The van der Waals surface area contributed by atoms with Crippen LogP contribution in [0, 0.1) is 5.41 Å². The van der Waals surface area contributed by atoms with E-state index in [1.54, 1.807) is 38.1 Å². The van der Waals surface area contributed by atoms with Gasteiger partial charge in [-0.15, -0.1) is 0 Å². The summed E-state index contributed by atoms with van der Waals surface area (Å²) in [6, 6.07) is 7.03. The van der Waals surface area contributed by atoms with Gasteiger partial charge < -0.3 is 11.1 Å². The first kappa shape index (κ1) is 12.0. The van der Waals surface area contributed by atoms with Crippen LogP contribution in [0.25, 0.3) is 0 Å². The van der Waals surface area contributed by atoms with Gasteiger partial charge in [0.15, 0.2) is 0 Å². The number of nitrogens with one attached hydrogen (secondary N) is 1.